The van der Waals surface area contributed by atoms with Crippen LogP contribution in [0.5, 0.6) is 0 Å². The number of hydrogen-bond acceptors (Lipinski definition) is 4. The topological polar surface area (TPSA) is 66.5 Å². The summed E-state index contributed by atoms with van der Waals surface area (Å²) in [5, 5.41) is 2.11. The molecule has 6 heteroatoms. The molecule has 0 spiro atoms. The summed E-state index contributed by atoms with van der Waals surface area (Å²) in [4.78, 5) is 37.1. The van der Waals surface area contributed by atoms with E-state index in [9.17, 15) is 14.4 Å². The normalized spacial score (nSPS) is 22.3. The van der Waals surface area contributed by atoms with Crippen LogP contribution in [0, 0.1) is 6.92 Å². The lowest BCUT2D eigenvalue weighted by molar-refractivity contribution is -0.147. The van der Waals surface area contributed by atoms with Crippen LogP contribution in [0.25, 0.3) is 0 Å². The molecule has 0 saturated carbocycles. The molecular formula is C15H18N2O3S. The fourth-order valence-electron chi connectivity index (χ4n) is 2.19. The van der Waals surface area contributed by atoms with Gasteiger partial charge in [0.1, 0.15) is 6.54 Å². The third-order valence-electron chi connectivity index (χ3n) is 3.24. The van der Waals surface area contributed by atoms with Crippen LogP contribution in [0.2, 0.25) is 0 Å². The molecule has 1 fully saturated rings. The number of nitrogens with zero attached hydrogens (tertiary/aromatic N) is 1. The molecule has 0 radical (unpaired) electrons. The second kappa shape index (κ2) is 6.30. The molecule has 112 valence electrons. The Kier molecular flexibility index (Phi) is 4.67. The van der Waals surface area contributed by atoms with Gasteiger partial charge < -0.3 is 5.32 Å². The number of benzene rings is 1. The van der Waals surface area contributed by atoms with E-state index in [4.69, 9.17) is 0 Å². The molecule has 2 atom stereocenters. The van der Waals surface area contributed by atoms with Crippen LogP contribution >= 0.6 is 11.8 Å². The molecule has 0 bridgehead atoms. The summed E-state index contributed by atoms with van der Waals surface area (Å²) in [6, 6.07) is 7.36. The number of hydrogen-bond donors (Lipinski definition) is 1. The molecular weight excluding hydrogens is 288 g/mol. The molecule has 5 nitrogen and oxygen atoms in total. The molecule has 21 heavy (non-hydrogen) atoms. The number of imide groups is 1. The van der Waals surface area contributed by atoms with E-state index in [1.54, 1.807) is 19.9 Å². The van der Waals surface area contributed by atoms with Gasteiger partial charge in [0, 0.05) is 5.69 Å². The Labute approximate surface area is 128 Å². The van der Waals surface area contributed by atoms with Crippen LogP contribution < -0.4 is 5.32 Å². The molecule has 1 saturated heterocycles. The number of carbonyl (C=O) groups is 3. The van der Waals surface area contributed by atoms with Gasteiger partial charge in [-0.1, -0.05) is 12.1 Å². The smallest absolute Gasteiger partial charge is 0.244 e. The van der Waals surface area contributed by atoms with E-state index in [-0.39, 0.29) is 34.8 Å². The van der Waals surface area contributed by atoms with Crippen LogP contribution in [-0.2, 0) is 14.4 Å². The van der Waals surface area contributed by atoms with Crippen molar-refractivity contribution in [1.29, 1.82) is 0 Å². The molecule has 1 aliphatic rings. The molecule has 1 aliphatic heterocycles. The fraction of sp³-hybridized carbons (Fsp3) is 0.400. The predicted molar refractivity (Wildman–Crippen MR) is 83.0 cm³/mol. The van der Waals surface area contributed by atoms with Crippen molar-refractivity contribution in [3.63, 3.8) is 0 Å². The van der Waals surface area contributed by atoms with E-state index in [0.717, 1.165) is 10.5 Å². The fourth-order valence-corrected chi connectivity index (χ4v) is 3.29. The molecule has 0 aromatic heterocycles. The van der Waals surface area contributed by atoms with Gasteiger partial charge in [-0.15, -0.1) is 11.8 Å². The minimum Gasteiger partial charge on any atom is -0.325 e. The van der Waals surface area contributed by atoms with Gasteiger partial charge in [0.05, 0.1) is 10.5 Å². The van der Waals surface area contributed by atoms with Gasteiger partial charge in [-0.2, -0.15) is 0 Å². The van der Waals surface area contributed by atoms with Crippen LogP contribution in [0.4, 0.5) is 5.69 Å². The van der Waals surface area contributed by atoms with Gasteiger partial charge in [0.15, 0.2) is 0 Å². The van der Waals surface area contributed by atoms with Crippen molar-refractivity contribution in [3.8, 4) is 0 Å². The second-order valence-electron chi connectivity index (χ2n) is 5.10. The summed E-state index contributed by atoms with van der Waals surface area (Å²) in [7, 11) is 0. The first-order valence-corrected chi connectivity index (χ1v) is 7.70. The highest BCUT2D eigenvalue weighted by atomic mass is 32.2. The molecule has 0 unspecified atom stereocenters. The Bertz CT molecular complexity index is 568. The van der Waals surface area contributed by atoms with Crippen LogP contribution in [0.3, 0.4) is 0 Å². The Morgan fingerprint density at radius 3 is 2.43 bits per heavy atom. The molecule has 3 amide bonds. The zero-order valence-electron chi connectivity index (χ0n) is 12.3. The van der Waals surface area contributed by atoms with Crippen molar-refractivity contribution in [3.05, 3.63) is 29.8 Å². The maximum absolute atomic E-state index is 12.0. The monoisotopic (exact) mass is 306 g/mol. The van der Waals surface area contributed by atoms with Gasteiger partial charge in [0.25, 0.3) is 0 Å². The Morgan fingerprint density at radius 2 is 1.86 bits per heavy atom. The van der Waals surface area contributed by atoms with Gasteiger partial charge in [0.2, 0.25) is 17.7 Å². The molecule has 1 aromatic rings. The van der Waals surface area contributed by atoms with Crippen molar-refractivity contribution in [2.75, 3.05) is 11.9 Å². The van der Waals surface area contributed by atoms with E-state index in [1.165, 1.54) is 11.8 Å². The first-order chi connectivity index (χ1) is 9.88. The summed E-state index contributed by atoms with van der Waals surface area (Å²) < 4.78 is 0. The highest BCUT2D eigenvalue weighted by molar-refractivity contribution is 8.02. The summed E-state index contributed by atoms with van der Waals surface area (Å²) in [6.45, 7) is 5.19. The number of anilines is 1. The maximum Gasteiger partial charge on any atom is 0.244 e. The largest absolute Gasteiger partial charge is 0.325 e. The summed E-state index contributed by atoms with van der Waals surface area (Å²) in [5.41, 5.74) is 1.68. The van der Waals surface area contributed by atoms with Crippen molar-refractivity contribution in [2.45, 2.75) is 31.3 Å². The van der Waals surface area contributed by atoms with E-state index >= 15 is 0 Å². The Morgan fingerprint density at radius 1 is 1.24 bits per heavy atom. The number of amides is 3. The third kappa shape index (κ3) is 3.64. The number of aryl methyl sites for hydroxylation is 1. The van der Waals surface area contributed by atoms with Crippen molar-refractivity contribution in [1.82, 2.24) is 4.90 Å². The zero-order chi connectivity index (χ0) is 15.6. The van der Waals surface area contributed by atoms with Crippen molar-refractivity contribution < 1.29 is 14.4 Å². The lowest BCUT2D eigenvalue weighted by Crippen LogP contribution is -2.52. The quantitative estimate of drug-likeness (QED) is 0.865. The summed E-state index contributed by atoms with van der Waals surface area (Å²) >= 11 is 1.32. The molecule has 2 rings (SSSR count). The number of carbonyl (C=O) groups excluding carboxylic acids is 3. The zero-order valence-corrected chi connectivity index (χ0v) is 13.1. The minimum absolute atomic E-state index is 0.235. The molecule has 0 aliphatic carbocycles. The third-order valence-corrected chi connectivity index (χ3v) is 4.46. The van der Waals surface area contributed by atoms with Crippen LogP contribution in [-0.4, -0.2) is 39.7 Å². The number of thioether (sulfide) groups is 1. The molecule has 1 aromatic carbocycles. The lowest BCUT2D eigenvalue weighted by Gasteiger charge is -2.31. The maximum atomic E-state index is 12.0. The van der Waals surface area contributed by atoms with Crippen LogP contribution in [0.15, 0.2) is 24.3 Å². The van der Waals surface area contributed by atoms with E-state index in [0.29, 0.717) is 5.69 Å². The van der Waals surface area contributed by atoms with Crippen molar-refractivity contribution in [2.24, 2.45) is 0 Å². The second-order valence-corrected chi connectivity index (χ2v) is 6.79. The van der Waals surface area contributed by atoms with E-state index in [2.05, 4.69) is 5.32 Å². The van der Waals surface area contributed by atoms with Gasteiger partial charge in [-0.05, 0) is 38.5 Å². The SMILES string of the molecule is Cc1cccc(NC(=O)CN2C(=O)[C@H](C)S[C@@H](C)C2=O)c1. The predicted octanol–water partition coefficient (Wildman–Crippen LogP) is 1.81. The van der Waals surface area contributed by atoms with Crippen molar-refractivity contribution >= 4 is 35.2 Å². The van der Waals surface area contributed by atoms with E-state index in [1.807, 2.05) is 25.1 Å². The number of rotatable bonds is 3. The van der Waals surface area contributed by atoms with E-state index < -0.39 is 0 Å². The van der Waals surface area contributed by atoms with Gasteiger partial charge in [-0.25, -0.2) is 0 Å². The van der Waals surface area contributed by atoms with Crippen LogP contribution in [0.1, 0.15) is 19.4 Å². The Balaban J connectivity index is 2.04. The first kappa shape index (κ1) is 15.6. The summed E-state index contributed by atoms with van der Waals surface area (Å²) in [5.74, 6) is -0.974. The highest BCUT2D eigenvalue weighted by Gasteiger charge is 2.37. The highest BCUT2D eigenvalue weighted by Crippen LogP contribution is 2.26. The van der Waals surface area contributed by atoms with Gasteiger partial charge in [-0.3, -0.25) is 19.3 Å². The first-order valence-electron chi connectivity index (χ1n) is 6.75. The molecule has 1 heterocycles. The molecule has 1 N–H and O–H groups in total. The lowest BCUT2D eigenvalue weighted by atomic mass is 10.2. The standard InChI is InChI=1S/C15H18N2O3S/c1-9-5-4-6-12(7-9)16-13(18)8-17-14(19)10(2)21-11(3)15(17)20/h4-7,10-11H,8H2,1-3H3,(H,16,18)/t10-,11-/m0/s1. The Hall–Kier alpha value is -1.82. The van der Waals surface area contributed by atoms with Gasteiger partial charge >= 0.3 is 0 Å². The average Bonchev–Trinajstić information content (AvgIpc) is 2.41. The summed E-state index contributed by atoms with van der Waals surface area (Å²) in [6.07, 6.45) is 0. The average molecular weight is 306 g/mol. The number of nitrogens with one attached hydrogen (secondary N) is 1. The minimum atomic E-state index is -0.367.